The maximum Gasteiger partial charge on any atom is 0.232 e. The molecular formula is C21H18Cl2N6. The Labute approximate surface area is 178 Å². The summed E-state index contributed by atoms with van der Waals surface area (Å²) >= 11 is 13.0. The topological polar surface area (TPSA) is 101 Å². The van der Waals surface area contributed by atoms with Crippen molar-refractivity contribution in [3.8, 4) is 6.07 Å². The minimum Gasteiger partial charge on any atom is -0.368 e. The van der Waals surface area contributed by atoms with Crippen LogP contribution in [-0.4, -0.2) is 15.0 Å². The Kier molecular flexibility index (Phi) is 5.52. The highest BCUT2D eigenvalue weighted by Gasteiger charge is 2.31. The molecule has 1 aliphatic rings. The molecule has 146 valence electrons. The predicted molar refractivity (Wildman–Crippen MR) is 114 cm³/mol. The van der Waals surface area contributed by atoms with Gasteiger partial charge in [-0.25, -0.2) is 0 Å². The Bertz CT molecular complexity index is 1050. The van der Waals surface area contributed by atoms with Crippen molar-refractivity contribution in [3.63, 3.8) is 0 Å². The van der Waals surface area contributed by atoms with Gasteiger partial charge >= 0.3 is 0 Å². The Hall–Kier alpha value is -2.88. The molecule has 0 aliphatic heterocycles. The lowest BCUT2D eigenvalue weighted by Crippen LogP contribution is -2.13. The zero-order chi connectivity index (χ0) is 20.4. The average Bonchev–Trinajstić information content (AvgIpc) is 3.51. The summed E-state index contributed by atoms with van der Waals surface area (Å²) in [5, 5.41) is 13.2. The van der Waals surface area contributed by atoms with Gasteiger partial charge in [-0.15, -0.1) is 0 Å². The molecule has 1 saturated carbocycles. The minimum atomic E-state index is -0.171. The van der Waals surface area contributed by atoms with Crippen LogP contribution in [0.1, 0.15) is 42.1 Å². The van der Waals surface area contributed by atoms with Crippen molar-refractivity contribution in [3.05, 3.63) is 69.5 Å². The van der Waals surface area contributed by atoms with Crippen molar-refractivity contribution in [2.45, 2.75) is 25.2 Å². The lowest BCUT2D eigenvalue weighted by molar-refractivity contribution is 0.616. The van der Waals surface area contributed by atoms with Crippen LogP contribution in [0.25, 0.3) is 0 Å². The van der Waals surface area contributed by atoms with Crippen LogP contribution in [-0.2, 0) is 0 Å². The third-order valence-electron chi connectivity index (χ3n) is 4.87. The van der Waals surface area contributed by atoms with Crippen LogP contribution in [0.4, 0.5) is 17.6 Å². The number of nitrogens with zero attached hydrogens (tertiary/aromatic N) is 4. The second kappa shape index (κ2) is 8.24. The fraction of sp³-hybridized carbons (Fsp3) is 0.238. The summed E-state index contributed by atoms with van der Waals surface area (Å²) in [6.07, 6.45) is 3.20. The van der Waals surface area contributed by atoms with E-state index in [0.29, 0.717) is 33.3 Å². The molecule has 1 atom stereocenters. The molecule has 3 N–H and O–H groups in total. The molecule has 8 heteroatoms. The van der Waals surface area contributed by atoms with Crippen LogP contribution < -0.4 is 11.1 Å². The van der Waals surface area contributed by atoms with Crippen molar-refractivity contribution in [2.24, 2.45) is 5.92 Å². The number of nitrogens with one attached hydrogen (secondary N) is 1. The molecule has 0 radical (unpaired) electrons. The molecule has 3 aromatic rings. The molecule has 1 fully saturated rings. The van der Waals surface area contributed by atoms with Crippen LogP contribution in [0.2, 0.25) is 10.0 Å². The first-order chi connectivity index (χ1) is 14.0. The van der Waals surface area contributed by atoms with E-state index in [1.807, 2.05) is 18.2 Å². The average molecular weight is 425 g/mol. The van der Waals surface area contributed by atoms with Gasteiger partial charge in [0, 0.05) is 27.2 Å². The Morgan fingerprint density at radius 1 is 1.07 bits per heavy atom. The summed E-state index contributed by atoms with van der Waals surface area (Å²) in [7, 11) is 0. The Morgan fingerprint density at radius 2 is 1.76 bits per heavy atom. The fourth-order valence-electron chi connectivity index (χ4n) is 3.26. The zero-order valence-electron chi connectivity index (χ0n) is 15.4. The van der Waals surface area contributed by atoms with Crippen molar-refractivity contribution in [1.82, 2.24) is 15.0 Å². The van der Waals surface area contributed by atoms with Gasteiger partial charge in [0.2, 0.25) is 11.9 Å². The molecule has 4 rings (SSSR count). The minimum absolute atomic E-state index is 0.120. The second-order valence-electron chi connectivity index (χ2n) is 7.06. The molecule has 1 aromatic heterocycles. The quantitative estimate of drug-likeness (QED) is 0.555. The molecular weight excluding hydrogens is 407 g/mol. The molecule has 0 amide bonds. The van der Waals surface area contributed by atoms with E-state index in [1.165, 1.54) is 12.8 Å². The lowest BCUT2D eigenvalue weighted by Gasteiger charge is -2.19. The van der Waals surface area contributed by atoms with Crippen LogP contribution in [0.3, 0.4) is 0 Å². The van der Waals surface area contributed by atoms with Crippen LogP contribution in [0.15, 0.2) is 42.5 Å². The normalized spacial score (nSPS) is 14.2. The molecule has 2 aromatic carbocycles. The van der Waals surface area contributed by atoms with Crippen LogP contribution >= 0.6 is 23.2 Å². The van der Waals surface area contributed by atoms with Gasteiger partial charge in [-0.05, 0) is 48.7 Å². The summed E-state index contributed by atoms with van der Waals surface area (Å²) < 4.78 is 0. The lowest BCUT2D eigenvalue weighted by atomic mass is 9.92. The number of aromatic nitrogens is 3. The summed E-state index contributed by atoms with van der Waals surface area (Å²) in [5.41, 5.74) is 8.12. The van der Waals surface area contributed by atoms with E-state index >= 15 is 0 Å². The van der Waals surface area contributed by atoms with Crippen LogP contribution in [0, 0.1) is 17.2 Å². The van der Waals surface area contributed by atoms with Gasteiger partial charge in [0.1, 0.15) is 5.82 Å². The van der Waals surface area contributed by atoms with Gasteiger partial charge in [-0.2, -0.15) is 20.2 Å². The first-order valence-corrected chi connectivity index (χ1v) is 10.0. The maximum atomic E-state index is 8.94. The fourth-order valence-corrected chi connectivity index (χ4v) is 3.92. The molecule has 1 heterocycles. The number of halogens is 2. The number of benzene rings is 2. The molecule has 0 spiro atoms. The van der Waals surface area contributed by atoms with Crippen molar-refractivity contribution < 1.29 is 0 Å². The van der Waals surface area contributed by atoms with E-state index < -0.39 is 0 Å². The summed E-state index contributed by atoms with van der Waals surface area (Å²) in [6.45, 7) is 0. The van der Waals surface area contributed by atoms with Crippen LogP contribution in [0.5, 0.6) is 0 Å². The molecule has 29 heavy (non-hydrogen) atoms. The molecule has 6 nitrogen and oxygen atoms in total. The molecule has 0 bridgehead atoms. The van der Waals surface area contributed by atoms with E-state index in [0.717, 1.165) is 17.7 Å². The van der Waals surface area contributed by atoms with Gasteiger partial charge in [-0.1, -0.05) is 42.1 Å². The summed E-state index contributed by atoms with van der Waals surface area (Å²) in [6, 6.07) is 14.6. The standard InChI is InChI=1S/C21H18Cl2N6/c22-16-2-1-3-17(23)18(16)15(10-12-4-5-12)19-27-20(25)29-21(28-19)26-14-8-6-13(11-24)7-9-14/h1-3,6-9,12,15H,4-5,10H2,(H3,25,26,27,28,29). The first-order valence-electron chi connectivity index (χ1n) is 9.26. The monoisotopic (exact) mass is 424 g/mol. The number of nitriles is 1. The third-order valence-corrected chi connectivity index (χ3v) is 5.53. The highest BCUT2D eigenvalue weighted by molar-refractivity contribution is 6.36. The van der Waals surface area contributed by atoms with Crippen molar-refractivity contribution in [2.75, 3.05) is 11.1 Å². The number of nitrogens with two attached hydrogens (primary N) is 1. The van der Waals surface area contributed by atoms with Gasteiger partial charge in [0.05, 0.1) is 11.6 Å². The predicted octanol–water partition coefficient (Wildman–Crippen LogP) is 5.31. The second-order valence-corrected chi connectivity index (χ2v) is 7.87. The van der Waals surface area contributed by atoms with E-state index in [1.54, 1.807) is 24.3 Å². The number of rotatable bonds is 6. The Morgan fingerprint density at radius 3 is 2.38 bits per heavy atom. The van der Waals surface area contributed by atoms with E-state index in [-0.39, 0.29) is 11.9 Å². The van der Waals surface area contributed by atoms with Gasteiger partial charge < -0.3 is 11.1 Å². The maximum absolute atomic E-state index is 8.94. The first kappa shape index (κ1) is 19.4. The van der Waals surface area contributed by atoms with Gasteiger partial charge in [0.25, 0.3) is 0 Å². The van der Waals surface area contributed by atoms with Gasteiger partial charge in [0.15, 0.2) is 0 Å². The summed E-state index contributed by atoms with van der Waals surface area (Å²) in [5.74, 6) is 1.42. The molecule has 1 unspecified atom stereocenters. The van der Waals surface area contributed by atoms with E-state index in [2.05, 4.69) is 26.3 Å². The Balaban J connectivity index is 1.70. The smallest absolute Gasteiger partial charge is 0.232 e. The zero-order valence-corrected chi connectivity index (χ0v) is 17.0. The number of hydrogen-bond acceptors (Lipinski definition) is 6. The molecule has 1 aliphatic carbocycles. The summed E-state index contributed by atoms with van der Waals surface area (Å²) in [4.78, 5) is 13.2. The highest BCUT2D eigenvalue weighted by atomic mass is 35.5. The number of hydrogen-bond donors (Lipinski definition) is 2. The van der Waals surface area contributed by atoms with E-state index in [4.69, 9.17) is 34.2 Å². The van der Waals surface area contributed by atoms with Crippen molar-refractivity contribution >= 4 is 40.8 Å². The highest BCUT2D eigenvalue weighted by Crippen LogP contribution is 2.44. The number of anilines is 3. The van der Waals surface area contributed by atoms with Crippen molar-refractivity contribution in [1.29, 1.82) is 5.26 Å². The number of nitrogen functional groups attached to an aromatic ring is 1. The van der Waals surface area contributed by atoms with E-state index in [9.17, 15) is 0 Å². The van der Waals surface area contributed by atoms with Gasteiger partial charge in [-0.3, -0.25) is 0 Å². The third kappa shape index (κ3) is 4.58. The molecule has 0 saturated heterocycles. The SMILES string of the molecule is N#Cc1ccc(Nc2nc(N)nc(C(CC3CC3)c3c(Cl)cccc3Cl)n2)cc1. The largest absolute Gasteiger partial charge is 0.368 e.